The monoisotopic (exact) mass is 306 g/mol. The lowest BCUT2D eigenvalue weighted by Gasteiger charge is -2.50. The molecule has 1 amide bonds. The first kappa shape index (κ1) is 15.4. The van der Waals surface area contributed by atoms with Crippen LogP contribution in [0.15, 0.2) is 24.3 Å². The van der Waals surface area contributed by atoms with Gasteiger partial charge in [0, 0.05) is 26.7 Å². The van der Waals surface area contributed by atoms with Crippen LogP contribution in [0.3, 0.4) is 0 Å². The molecule has 0 N–H and O–H groups in total. The van der Waals surface area contributed by atoms with Crippen LogP contribution in [0.4, 0.5) is 4.39 Å². The lowest BCUT2D eigenvalue weighted by atomic mass is 9.83. The maximum absolute atomic E-state index is 13.3. The lowest BCUT2D eigenvalue weighted by molar-refractivity contribution is -0.183. The average molecular weight is 306 g/mol. The van der Waals surface area contributed by atoms with Crippen LogP contribution in [0, 0.1) is 5.82 Å². The quantitative estimate of drug-likeness (QED) is 0.838. The molecule has 3 rings (SSSR count). The first-order valence-corrected chi connectivity index (χ1v) is 7.87. The molecule has 0 radical (unpaired) electrons. The number of carbonyl (C=O) groups excluding carboxylic acids is 1. The number of halogens is 1. The second-order valence-corrected chi connectivity index (χ2v) is 6.44. The molecule has 2 heterocycles. The highest BCUT2D eigenvalue weighted by atomic mass is 19.1. The number of ether oxygens (including phenoxy) is 1. The van der Waals surface area contributed by atoms with Crippen LogP contribution in [0.5, 0.6) is 0 Å². The highest BCUT2D eigenvalue weighted by Crippen LogP contribution is 2.35. The second kappa shape index (κ2) is 5.97. The Kier molecular flexibility index (Phi) is 4.19. The number of amides is 1. The molecule has 0 bridgehead atoms. The molecule has 0 unspecified atom stereocenters. The van der Waals surface area contributed by atoms with E-state index < -0.39 is 0 Å². The summed E-state index contributed by atoms with van der Waals surface area (Å²) in [4.78, 5) is 15.9. The number of benzene rings is 1. The Morgan fingerprint density at radius 1 is 1.36 bits per heavy atom. The Morgan fingerprint density at radius 2 is 2.09 bits per heavy atom. The van der Waals surface area contributed by atoms with Crippen molar-refractivity contribution in [3.05, 3.63) is 35.6 Å². The first-order chi connectivity index (χ1) is 10.5. The number of hydrogen-bond acceptors (Lipinski definition) is 3. The molecule has 2 aliphatic rings. The molecule has 22 heavy (non-hydrogen) atoms. The molecule has 0 saturated carbocycles. The van der Waals surface area contributed by atoms with E-state index in [9.17, 15) is 9.18 Å². The number of likely N-dealkylation sites (N-methyl/N-ethyl adjacent to an activating group) is 1. The normalized spacial score (nSPS) is 25.7. The van der Waals surface area contributed by atoms with E-state index in [1.807, 2.05) is 18.0 Å². The molecule has 120 valence electrons. The van der Waals surface area contributed by atoms with Gasteiger partial charge in [0.1, 0.15) is 12.4 Å². The lowest BCUT2D eigenvalue weighted by Crippen LogP contribution is -2.62. The topological polar surface area (TPSA) is 32.8 Å². The summed E-state index contributed by atoms with van der Waals surface area (Å²) in [7, 11) is 1.86. The zero-order valence-corrected chi connectivity index (χ0v) is 13.2. The van der Waals surface area contributed by atoms with Gasteiger partial charge in [0.2, 0.25) is 5.91 Å². The fourth-order valence-corrected chi connectivity index (χ4v) is 3.54. The summed E-state index contributed by atoms with van der Waals surface area (Å²) in [6, 6.07) is 6.88. The Bertz CT molecular complexity index is 555. The van der Waals surface area contributed by atoms with E-state index in [1.165, 1.54) is 6.07 Å². The van der Waals surface area contributed by atoms with Crippen LogP contribution in [0.25, 0.3) is 0 Å². The summed E-state index contributed by atoms with van der Waals surface area (Å²) in [5, 5.41) is 0. The first-order valence-electron chi connectivity index (χ1n) is 7.87. The number of rotatable bonds is 2. The van der Waals surface area contributed by atoms with Gasteiger partial charge in [-0.1, -0.05) is 12.1 Å². The molecule has 1 aromatic carbocycles. The number of hydrogen-bond donors (Lipinski definition) is 0. The fraction of sp³-hybridized carbons (Fsp3) is 0.588. The Labute approximate surface area is 130 Å². The van der Waals surface area contributed by atoms with E-state index in [-0.39, 0.29) is 30.0 Å². The van der Waals surface area contributed by atoms with Gasteiger partial charge < -0.3 is 9.64 Å². The molecule has 0 aliphatic carbocycles. The molecule has 1 spiro atoms. The summed E-state index contributed by atoms with van der Waals surface area (Å²) in [6.45, 7) is 4.83. The van der Waals surface area contributed by atoms with Crippen LogP contribution in [-0.4, -0.2) is 54.1 Å². The van der Waals surface area contributed by atoms with Gasteiger partial charge in [-0.3, -0.25) is 9.69 Å². The number of morpholine rings is 1. The second-order valence-electron chi connectivity index (χ2n) is 6.44. The molecular formula is C17H23FN2O2. The number of nitrogens with zero attached hydrogens (tertiary/aromatic N) is 2. The molecule has 1 atom stereocenters. The van der Waals surface area contributed by atoms with E-state index in [0.29, 0.717) is 0 Å². The largest absolute Gasteiger partial charge is 0.363 e. The molecule has 2 saturated heterocycles. The Morgan fingerprint density at radius 3 is 2.77 bits per heavy atom. The SMILES string of the molecule is C[C@@H]1N(C)C(=O)COC12CCN(Cc1cccc(F)c1)CC2. The number of piperidine rings is 1. The van der Waals surface area contributed by atoms with Crippen molar-refractivity contribution in [3.8, 4) is 0 Å². The van der Waals surface area contributed by atoms with Crippen molar-refractivity contribution >= 4 is 5.91 Å². The third-order valence-electron chi connectivity index (χ3n) is 5.22. The minimum atomic E-state index is -0.221. The van der Waals surface area contributed by atoms with Crippen molar-refractivity contribution in [2.45, 2.75) is 38.0 Å². The van der Waals surface area contributed by atoms with Crippen molar-refractivity contribution in [3.63, 3.8) is 0 Å². The van der Waals surface area contributed by atoms with Crippen LogP contribution in [0.1, 0.15) is 25.3 Å². The third kappa shape index (κ3) is 2.88. The van der Waals surface area contributed by atoms with E-state index in [0.717, 1.165) is 38.0 Å². The highest BCUT2D eigenvalue weighted by Gasteiger charge is 2.46. The highest BCUT2D eigenvalue weighted by molar-refractivity contribution is 5.78. The van der Waals surface area contributed by atoms with Crippen LogP contribution < -0.4 is 0 Å². The summed E-state index contributed by atoms with van der Waals surface area (Å²) in [5.41, 5.74) is 0.780. The molecular weight excluding hydrogens is 283 g/mol. The van der Waals surface area contributed by atoms with Gasteiger partial charge >= 0.3 is 0 Å². The van der Waals surface area contributed by atoms with Crippen molar-refractivity contribution in [2.24, 2.45) is 0 Å². The third-order valence-corrected chi connectivity index (χ3v) is 5.22. The minimum Gasteiger partial charge on any atom is -0.363 e. The number of carbonyl (C=O) groups is 1. The van der Waals surface area contributed by atoms with Gasteiger partial charge in [-0.2, -0.15) is 0 Å². The van der Waals surface area contributed by atoms with Crippen LogP contribution in [-0.2, 0) is 16.1 Å². The summed E-state index contributed by atoms with van der Waals surface area (Å²) < 4.78 is 19.2. The van der Waals surface area contributed by atoms with Crippen molar-refractivity contribution in [1.29, 1.82) is 0 Å². The van der Waals surface area contributed by atoms with Crippen LogP contribution >= 0.6 is 0 Å². The van der Waals surface area contributed by atoms with Gasteiger partial charge in [0.25, 0.3) is 0 Å². The van der Waals surface area contributed by atoms with E-state index in [2.05, 4.69) is 11.8 Å². The van der Waals surface area contributed by atoms with E-state index in [1.54, 1.807) is 12.1 Å². The average Bonchev–Trinajstić information content (AvgIpc) is 2.51. The van der Waals surface area contributed by atoms with Crippen molar-refractivity contribution in [1.82, 2.24) is 9.80 Å². The predicted molar refractivity (Wildman–Crippen MR) is 81.8 cm³/mol. The van der Waals surface area contributed by atoms with Crippen molar-refractivity contribution < 1.29 is 13.9 Å². The molecule has 4 nitrogen and oxygen atoms in total. The standard InChI is InChI=1S/C17H23FN2O2/c1-13-17(22-12-16(21)19(13)2)6-8-20(9-7-17)11-14-4-3-5-15(18)10-14/h3-5,10,13H,6-9,11-12H2,1-2H3/t13-/m0/s1. The molecule has 2 aliphatic heterocycles. The fourth-order valence-electron chi connectivity index (χ4n) is 3.54. The Hall–Kier alpha value is -1.46. The number of likely N-dealkylation sites (tertiary alicyclic amines) is 1. The zero-order chi connectivity index (χ0) is 15.7. The maximum atomic E-state index is 13.3. The van der Waals surface area contributed by atoms with E-state index >= 15 is 0 Å². The van der Waals surface area contributed by atoms with Crippen LogP contribution in [0.2, 0.25) is 0 Å². The molecule has 1 aromatic rings. The predicted octanol–water partition coefficient (Wildman–Crippen LogP) is 2.04. The summed E-state index contributed by atoms with van der Waals surface area (Å²) in [5.74, 6) is -0.129. The minimum absolute atomic E-state index is 0.0558. The molecule has 5 heteroatoms. The van der Waals surface area contributed by atoms with E-state index in [4.69, 9.17) is 4.74 Å². The van der Waals surface area contributed by atoms with Gasteiger partial charge in [0.05, 0.1) is 11.6 Å². The van der Waals surface area contributed by atoms with Gasteiger partial charge in [0.15, 0.2) is 0 Å². The van der Waals surface area contributed by atoms with Gasteiger partial charge in [-0.25, -0.2) is 4.39 Å². The zero-order valence-electron chi connectivity index (χ0n) is 13.2. The van der Waals surface area contributed by atoms with Crippen molar-refractivity contribution in [2.75, 3.05) is 26.7 Å². The van der Waals surface area contributed by atoms with Gasteiger partial charge in [-0.15, -0.1) is 0 Å². The Balaban J connectivity index is 1.61. The molecule has 2 fully saturated rings. The summed E-state index contributed by atoms with van der Waals surface area (Å²) >= 11 is 0. The smallest absolute Gasteiger partial charge is 0.248 e. The summed E-state index contributed by atoms with van der Waals surface area (Å²) in [6.07, 6.45) is 1.81. The molecule has 0 aromatic heterocycles. The maximum Gasteiger partial charge on any atom is 0.248 e. The van der Waals surface area contributed by atoms with Gasteiger partial charge in [-0.05, 0) is 37.5 Å².